The van der Waals surface area contributed by atoms with E-state index in [9.17, 15) is 4.79 Å². The van der Waals surface area contributed by atoms with E-state index in [0.29, 0.717) is 30.5 Å². The zero-order chi connectivity index (χ0) is 13.8. The van der Waals surface area contributed by atoms with Gasteiger partial charge in [-0.05, 0) is 19.8 Å². The third-order valence-corrected chi connectivity index (χ3v) is 3.58. The molecule has 7 heteroatoms. The Labute approximate surface area is 116 Å². The smallest absolute Gasteiger partial charge is 0.309 e. The molecule has 19 heavy (non-hydrogen) atoms. The molecule has 1 aliphatic heterocycles. The third kappa shape index (κ3) is 3.07. The van der Waals surface area contributed by atoms with Crippen molar-refractivity contribution in [1.82, 2.24) is 9.97 Å². The number of nitrogens with two attached hydrogens (primary N) is 1. The fourth-order valence-corrected chi connectivity index (χ4v) is 2.40. The van der Waals surface area contributed by atoms with Gasteiger partial charge in [0.25, 0.3) is 0 Å². The molecule has 0 aliphatic carbocycles. The molecule has 0 saturated carbocycles. The summed E-state index contributed by atoms with van der Waals surface area (Å²) in [7, 11) is 0. The third-order valence-electron chi connectivity index (χ3n) is 3.21. The SMILES string of the molecule is CCOC(=O)C1CCN(c2ncnc(N)c2Cl)CC1. The first kappa shape index (κ1) is 13.9. The molecule has 2 rings (SSSR count). The van der Waals surface area contributed by atoms with E-state index in [-0.39, 0.29) is 17.7 Å². The first-order valence-corrected chi connectivity index (χ1v) is 6.68. The van der Waals surface area contributed by atoms with Crippen molar-refractivity contribution in [2.75, 3.05) is 30.3 Å². The van der Waals surface area contributed by atoms with Crippen molar-refractivity contribution in [3.8, 4) is 0 Å². The number of aromatic nitrogens is 2. The molecule has 0 aromatic carbocycles. The van der Waals surface area contributed by atoms with Gasteiger partial charge in [0.05, 0.1) is 12.5 Å². The van der Waals surface area contributed by atoms with E-state index in [0.717, 1.165) is 12.8 Å². The summed E-state index contributed by atoms with van der Waals surface area (Å²) in [5.74, 6) is 0.764. The van der Waals surface area contributed by atoms with Gasteiger partial charge in [0.15, 0.2) is 5.82 Å². The van der Waals surface area contributed by atoms with Crippen LogP contribution in [-0.4, -0.2) is 35.6 Å². The van der Waals surface area contributed by atoms with Crippen LogP contribution in [-0.2, 0) is 9.53 Å². The number of ether oxygens (including phenoxy) is 1. The van der Waals surface area contributed by atoms with Gasteiger partial charge in [-0.2, -0.15) is 0 Å². The fraction of sp³-hybridized carbons (Fsp3) is 0.583. The number of rotatable bonds is 3. The Balaban J connectivity index is 2.00. The van der Waals surface area contributed by atoms with Gasteiger partial charge in [0, 0.05) is 13.1 Å². The van der Waals surface area contributed by atoms with Gasteiger partial charge in [-0.1, -0.05) is 11.6 Å². The van der Waals surface area contributed by atoms with Crippen molar-refractivity contribution >= 4 is 29.2 Å². The number of esters is 1. The number of nitrogens with zero attached hydrogens (tertiary/aromatic N) is 3. The van der Waals surface area contributed by atoms with Crippen LogP contribution in [0.1, 0.15) is 19.8 Å². The number of carbonyl (C=O) groups is 1. The summed E-state index contributed by atoms with van der Waals surface area (Å²) in [5.41, 5.74) is 5.66. The molecule has 0 atom stereocenters. The molecular formula is C12H17ClN4O2. The largest absolute Gasteiger partial charge is 0.466 e. The summed E-state index contributed by atoms with van der Waals surface area (Å²) in [6.45, 7) is 3.66. The minimum absolute atomic E-state index is 0.0332. The number of halogens is 1. The normalized spacial score (nSPS) is 16.4. The minimum Gasteiger partial charge on any atom is -0.466 e. The molecule has 2 N–H and O–H groups in total. The summed E-state index contributed by atoms with van der Waals surface area (Å²) in [5, 5.41) is 0.372. The quantitative estimate of drug-likeness (QED) is 0.847. The maximum absolute atomic E-state index is 11.6. The van der Waals surface area contributed by atoms with Gasteiger partial charge in [-0.3, -0.25) is 4.79 Å². The first-order valence-electron chi connectivity index (χ1n) is 6.31. The molecule has 104 valence electrons. The molecule has 0 radical (unpaired) electrons. The van der Waals surface area contributed by atoms with E-state index in [2.05, 4.69) is 9.97 Å². The Kier molecular flexibility index (Phi) is 4.42. The summed E-state index contributed by atoms with van der Waals surface area (Å²) in [4.78, 5) is 21.7. The van der Waals surface area contributed by atoms with Gasteiger partial charge in [-0.25, -0.2) is 9.97 Å². The second kappa shape index (κ2) is 6.06. The maximum Gasteiger partial charge on any atom is 0.309 e. The van der Waals surface area contributed by atoms with Crippen LogP contribution in [0.3, 0.4) is 0 Å². The number of hydrogen-bond acceptors (Lipinski definition) is 6. The van der Waals surface area contributed by atoms with Crippen LogP contribution in [0.2, 0.25) is 5.02 Å². The van der Waals surface area contributed by atoms with Crippen LogP contribution in [0, 0.1) is 5.92 Å². The highest BCUT2D eigenvalue weighted by atomic mass is 35.5. The highest BCUT2D eigenvalue weighted by molar-refractivity contribution is 6.35. The van der Waals surface area contributed by atoms with Gasteiger partial charge < -0.3 is 15.4 Å². The minimum atomic E-state index is -0.115. The van der Waals surface area contributed by atoms with Crippen LogP contribution in [0.15, 0.2) is 6.33 Å². The standard InChI is InChI=1S/C12H17ClN4O2/c1-2-19-12(18)8-3-5-17(6-4-8)11-9(13)10(14)15-7-16-11/h7-8H,2-6H2,1H3,(H2,14,15,16). The van der Waals surface area contributed by atoms with Crippen molar-refractivity contribution in [3.05, 3.63) is 11.3 Å². The lowest BCUT2D eigenvalue weighted by atomic mass is 9.97. The highest BCUT2D eigenvalue weighted by Gasteiger charge is 2.27. The lowest BCUT2D eigenvalue weighted by Crippen LogP contribution is -2.37. The second-order valence-corrected chi connectivity index (χ2v) is 4.79. The Morgan fingerprint density at radius 3 is 2.84 bits per heavy atom. The van der Waals surface area contributed by atoms with Gasteiger partial charge >= 0.3 is 5.97 Å². The van der Waals surface area contributed by atoms with Gasteiger partial charge in [0.2, 0.25) is 0 Å². The van der Waals surface area contributed by atoms with Crippen molar-refractivity contribution in [1.29, 1.82) is 0 Å². The van der Waals surface area contributed by atoms with E-state index in [1.54, 1.807) is 0 Å². The van der Waals surface area contributed by atoms with E-state index in [1.807, 2.05) is 11.8 Å². The van der Waals surface area contributed by atoms with Crippen molar-refractivity contribution in [2.45, 2.75) is 19.8 Å². The summed E-state index contributed by atoms with van der Waals surface area (Å²) in [6.07, 6.45) is 2.87. The average molecular weight is 285 g/mol. The first-order chi connectivity index (χ1) is 9.13. The van der Waals surface area contributed by atoms with Crippen LogP contribution in [0.4, 0.5) is 11.6 Å². The predicted molar refractivity (Wildman–Crippen MR) is 73.0 cm³/mol. The molecule has 0 bridgehead atoms. The Morgan fingerprint density at radius 2 is 2.21 bits per heavy atom. The molecule has 1 saturated heterocycles. The number of piperidine rings is 1. The molecular weight excluding hydrogens is 268 g/mol. The Hall–Kier alpha value is -1.56. The molecule has 0 amide bonds. The van der Waals surface area contributed by atoms with Crippen LogP contribution < -0.4 is 10.6 Å². The van der Waals surface area contributed by atoms with Crippen LogP contribution in [0.5, 0.6) is 0 Å². The molecule has 1 aliphatic rings. The fourth-order valence-electron chi connectivity index (χ4n) is 2.18. The second-order valence-electron chi connectivity index (χ2n) is 4.41. The predicted octanol–water partition coefficient (Wildman–Crippen LogP) is 1.49. The lowest BCUT2D eigenvalue weighted by molar-refractivity contribution is -0.148. The van der Waals surface area contributed by atoms with E-state index in [4.69, 9.17) is 22.1 Å². The molecule has 1 aromatic rings. The summed E-state index contributed by atoms with van der Waals surface area (Å²) < 4.78 is 5.04. The molecule has 1 aromatic heterocycles. The van der Waals surface area contributed by atoms with Crippen molar-refractivity contribution in [3.63, 3.8) is 0 Å². The zero-order valence-electron chi connectivity index (χ0n) is 10.8. The lowest BCUT2D eigenvalue weighted by Gasteiger charge is -2.32. The van der Waals surface area contributed by atoms with Crippen molar-refractivity contribution < 1.29 is 9.53 Å². The summed E-state index contributed by atoms with van der Waals surface area (Å²) in [6, 6.07) is 0. The number of carbonyl (C=O) groups excluding carboxylic acids is 1. The van der Waals surface area contributed by atoms with Crippen LogP contribution in [0.25, 0.3) is 0 Å². The average Bonchev–Trinajstić information content (AvgIpc) is 2.42. The molecule has 2 heterocycles. The van der Waals surface area contributed by atoms with Gasteiger partial charge in [0.1, 0.15) is 17.2 Å². The summed E-state index contributed by atoms with van der Waals surface area (Å²) >= 11 is 6.09. The number of hydrogen-bond donors (Lipinski definition) is 1. The molecule has 6 nitrogen and oxygen atoms in total. The topological polar surface area (TPSA) is 81.3 Å². The Bertz CT molecular complexity index is 461. The van der Waals surface area contributed by atoms with Crippen LogP contribution >= 0.6 is 11.6 Å². The Morgan fingerprint density at radius 1 is 1.53 bits per heavy atom. The van der Waals surface area contributed by atoms with E-state index in [1.165, 1.54) is 6.33 Å². The number of anilines is 2. The maximum atomic E-state index is 11.6. The monoisotopic (exact) mass is 284 g/mol. The molecule has 1 fully saturated rings. The van der Waals surface area contributed by atoms with E-state index >= 15 is 0 Å². The van der Waals surface area contributed by atoms with Crippen molar-refractivity contribution in [2.24, 2.45) is 5.92 Å². The highest BCUT2D eigenvalue weighted by Crippen LogP contribution is 2.30. The number of nitrogen functional groups attached to an aromatic ring is 1. The zero-order valence-corrected chi connectivity index (χ0v) is 11.6. The molecule has 0 spiro atoms. The molecule has 0 unspecified atom stereocenters. The van der Waals surface area contributed by atoms with E-state index < -0.39 is 0 Å². The van der Waals surface area contributed by atoms with Gasteiger partial charge in [-0.15, -0.1) is 0 Å².